The molecular formula is C6H6B2O9. The lowest BCUT2D eigenvalue weighted by atomic mass is 9.75. The second-order valence-electron chi connectivity index (χ2n) is 4.34. The van der Waals surface area contributed by atoms with Gasteiger partial charge in [-0.05, 0) is 6.92 Å². The van der Waals surface area contributed by atoms with Crippen molar-refractivity contribution in [2.75, 3.05) is 0 Å². The summed E-state index contributed by atoms with van der Waals surface area (Å²) in [5, 5.41) is 20.6. The van der Waals surface area contributed by atoms with E-state index in [1.54, 1.807) is 0 Å². The van der Waals surface area contributed by atoms with Gasteiger partial charge in [0.05, 0.1) is 0 Å². The van der Waals surface area contributed by atoms with Crippen LogP contribution >= 0.6 is 0 Å². The molecule has 17 heavy (non-hydrogen) atoms. The highest BCUT2D eigenvalue weighted by Gasteiger charge is 2.87. The van der Waals surface area contributed by atoms with E-state index in [4.69, 9.17) is 23.3 Å². The molecule has 0 saturated carbocycles. The smallest absolute Gasteiger partial charge is 0.482 e. The zero-order valence-corrected chi connectivity index (χ0v) is 8.48. The van der Waals surface area contributed by atoms with Crippen molar-refractivity contribution in [3.05, 3.63) is 0 Å². The molecule has 11 heteroatoms. The minimum Gasteiger partial charge on any atom is -0.482 e. The zero-order valence-electron chi connectivity index (χ0n) is 8.48. The summed E-state index contributed by atoms with van der Waals surface area (Å²) in [5.74, 6) is -3.13. The van der Waals surface area contributed by atoms with Gasteiger partial charge in [-0.2, -0.15) is 0 Å². The van der Waals surface area contributed by atoms with Crippen LogP contribution in [0, 0.1) is 0 Å². The van der Waals surface area contributed by atoms with Crippen LogP contribution < -0.4 is 0 Å². The van der Waals surface area contributed by atoms with Crippen molar-refractivity contribution in [3.8, 4) is 0 Å². The number of hydrogen-bond donors (Lipinski definition) is 2. The van der Waals surface area contributed by atoms with Gasteiger partial charge in [0.15, 0.2) is 11.9 Å². The van der Waals surface area contributed by atoms with Crippen molar-refractivity contribution >= 4 is 20.6 Å². The lowest BCUT2D eigenvalue weighted by Crippen LogP contribution is -2.88. The molecular weight excluding hydrogens is 238 g/mol. The first-order valence-corrected chi connectivity index (χ1v) is 4.89. The number of carbonyl (C=O) groups is 1. The minimum atomic E-state index is -2.38. The fourth-order valence-electron chi connectivity index (χ4n) is 2.26. The standard InChI is InChI=1S/C6H6B2O9/c1-4(10)2(9)12-8-16-6(17-8)5(4,11)3-13-7(14-3)15-6/h3,10-11H,1H3. The first-order valence-electron chi connectivity index (χ1n) is 4.89. The maximum Gasteiger partial charge on any atom is 0.722 e. The van der Waals surface area contributed by atoms with Crippen LogP contribution in [0.1, 0.15) is 6.92 Å². The molecule has 2 atom stereocenters. The molecule has 0 aliphatic carbocycles. The Morgan fingerprint density at radius 1 is 1.18 bits per heavy atom. The van der Waals surface area contributed by atoms with Crippen molar-refractivity contribution in [3.63, 3.8) is 0 Å². The molecule has 0 aromatic heterocycles. The monoisotopic (exact) mass is 244 g/mol. The average molecular weight is 244 g/mol. The topological polar surface area (TPSA) is 113 Å². The van der Waals surface area contributed by atoms with Gasteiger partial charge in [-0.15, -0.1) is 0 Å². The van der Waals surface area contributed by atoms with Gasteiger partial charge in [0.25, 0.3) is 5.97 Å². The van der Waals surface area contributed by atoms with Gasteiger partial charge in [-0.3, -0.25) is 4.79 Å². The van der Waals surface area contributed by atoms with Crippen LogP contribution in [0.3, 0.4) is 0 Å². The highest BCUT2D eigenvalue weighted by Crippen LogP contribution is 2.56. The van der Waals surface area contributed by atoms with Gasteiger partial charge in [-0.25, -0.2) is 0 Å². The number of fused-ring (bicyclic) bond motifs is 2. The van der Waals surface area contributed by atoms with E-state index < -0.39 is 44.1 Å². The van der Waals surface area contributed by atoms with Crippen molar-refractivity contribution in [1.29, 1.82) is 0 Å². The molecule has 1 spiro atoms. The molecule has 0 aromatic carbocycles. The quantitative estimate of drug-likeness (QED) is 0.433. The number of aliphatic hydroxyl groups is 2. The Kier molecular flexibility index (Phi) is 1.52. The molecule has 6 heterocycles. The van der Waals surface area contributed by atoms with Crippen molar-refractivity contribution in [2.24, 2.45) is 0 Å². The second-order valence-corrected chi connectivity index (χ2v) is 4.34. The molecule has 0 aromatic rings. The predicted octanol–water partition coefficient (Wildman–Crippen LogP) is -2.90. The molecule has 9 nitrogen and oxygen atoms in total. The molecule has 90 valence electrons. The Bertz CT molecular complexity index is 414. The van der Waals surface area contributed by atoms with Gasteiger partial charge < -0.3 is 38.1 Å². The summed E-state index contributed by atoms with van der Waals surface area (Å²) < 4.78 is 29.7. The highest BCUT2D eigenvalue weighted by atomic mass is 17.0. The van der Waals surface area contributed by atoms with E-state index >= 15 is 0 Å². The molecule has 4 bridgehead atoms. The third kappa shape index (κ3) is 0.857. The SMILES string of the molecule is CC1(O)C(=O)OB2OC3(OB4OC(O4)C31O)O2. The molecule has 0 radical (unpaired) electrons. The predicted molar refractivity (Wildman–Crippen MR) is 45.1 cm³/mol. The summed E-state index contributed by atoms with van der Waals surface area (Å²) in [4.78, 5) is 11.6. The fraction of sp³-hybridized carbons (Fsp3) is 0.833. The molecule has 6 rings (SSSR count). The Morgan fingerprint density at radius 2 is 1.76 bits per heavy atom. The van der Waals surface area contributed by atoms with Gasteiger partial charge in [-0.1, -0.05) is 0 Å². The molecule has 6 fully saturated rings. The number of rotatable bonds is 0. The second kappa shape index (κ2) is 2.52. The average Bonchev–Trinajstić information content (AvgIpc) is 2.24. The van der Waals surface area contributed by atoms with E-state index in [1.165, 1.54) is 0 Å². The Labute approximate surface area is 94.8 Å². The van der Waals surface area contributed by atoms with Crippen LogP contribution in [-0.4, -0.2) is 54.3 Å². The van der Waals surface area contributed by atoms with E-state index in [-0.39, 0.29) is 0 Å². The third-order valence-electron chi connectivity index (χ3n) is 3.37. The third-order valence-corrected chi connectivity index (χ3v) is 3.37. The Hall–Kier alpha value is -0.680. The summed E-state index contributed by atoms with van der Waals surface area (Å²) in [7, 11) is -2.38. The Balaban J connectivity index is 1.89. The van der Waals surface area contributed by atoms with Gasteiger partial charge in [0, 0.05) is 0 Å². The van der Waals surface area contributed by atoms with Gasteiger partial charge >= 0.3 is 20.6 Å². The van der Waals surface area contributed by atoms with Crippen LogP contribution in [0.4, 0.5) is 0 Å². The maximum atomic E-state index is 11.6. The van der Waals surface area contributed by atoms with E-state index in [2.05, 4.69) is 4.65 Å². The first kappa shape index (κ1) is 10.3. The molecule has 6 aliphatic heterocycles. The fourth-order valence-corrected chi connectivity index (χ4v) is 2.26. The van der Waals surface area contributed by atoms with Crippen LogP contribution in [0.5, 0.6) is 0 Å². The molecule has 0 amide bonds. The molecule has 6 saturated heterocycles. The summed E-state index contributed by atoms with van der Waals surface area (Å²) in [6.45, 7) is 1.04. The van der Waals surface area contributed by atoms with Crippen molar-refractivity contribution < 1.29 is 42.9 Å². The van der Waals surface area contributed by atoms with Crippen LogP contribution in [-0.2, 0) is 32.7 Å². The summed E-state index contributed by atoms with van der Waals surface area (Å²) >= 11 is 0. The maximum absolute atomic E-state index is 11.6. The van der Waals surface area contributed by atoms with E-state index in [9.17, 15) is 15.0 Å². The molecule has 6 aliphatic rings. The molecule has 2 unspecified atom stereocenters. The first-order chi connectivity index (χ1) is 7.89. The minimum absolute atomic E-state index is 1.04. The Morgan fingerprint density at radius 3 is 2.41 bits per heavy atom. The van der Waals surface area contributed by atoms with Crippen molar-refractivity contribution in [1.82, 2.24) is 0 Å². The van der Waals surface area contributed by atoms with E-state index in [1.807, 2.05) is 0 Å². The van der Waals surface area contributed by atoms with Gasteiger partial charge in [0.1, 0.15) is 0 Å². The normalized spacial score (nSPS) is 55.2. The summed E-state index contributed by atoms with van der Waals surface area (Å²) in [6.07, 6.45) is -1.30. The zero-order chi connectivity index (χ0) is 12.1. The van der Waals surface area contributed by atoms with Crippen LogP contribution in [0.2, 0.25) is 0 Å². The number of carbonyl (C=O) groups excluding carboxylic acids is 1. The van der Waals surface area contributed by atoms with Crippen LogP contribution in [0.15, 0.2) is 0 Å². The highest BCUT2D eigenvalue weighted by molar-refractivity contribution is 6.44. The van der Waals surface area contributed by atoms with E-state index in [0.29, 0.717) is 0 Å². The summed E-state index contributed by atoms with van der Waals surface area (Å²) in [5.41, 5.74) is -4.74. The molecule has 2 N–H and O–H groups in total. The van der Waals surface area contributed by atoms with Crippen molar-refractivity contribution in [2.45, 2.75) is 30.4 Å². The van der Waals surface area contributed by atoms with E-state index in [0.717, 1.165) is 6.92 Å². The van der Waals surface area contributed by atoms with Gasteiger partial charge in [0.2, 0.25) is 5.60 Å². The largest absolute Gasteiger partial charge is 0.722 e. The number of hydrogen-bond acceptors (Lipinski definition) is 9. The summed E-state index contributed by atoms with van der Waals surface area (Å²) in [6, 6.07) is 0. The van der Waals surface area contributed by atoms with Crippen LogP contribution in [0.25, 0.3) is 0 Å². The lowest BCUT2D eigenvalue weighted by molar-refractivity contribution is -0.506. The lowest BCUT2D eigenvalue weighted by Gasteiger charge is -2.61.